The van der Waals surface area contributed by atoms with Crippen LogP contribution in [0.25, 0.3) is 0 Å². The third-order valence-electron chi connectivity index (χ3n) is 5.93. The number of carbonyl (C=O) groups excluding carboxylic acids is 2. The van der Waals surface area contributed by atoms with Crippen LogP contribution < -0.4 is 5.32 Å². The van der Waals surface area contributed by atoms with E-state index in [1.807, 2.05) is 41.9 Å². The second kappa shape index (κ2) is 9.77. The molecule has 1 fully saturated rings. The number of imidazole rings is 1. The van der Waals surface area contributed by atoms with E-state index in [0.29, 0.717) is 37.3 Å². The molecule has 0 bridgehead atoms. The minimum atomic E-state index is -0.575. The van der Waals surface area contributed by atoms with Crippen LogP contribution in [0.2, 0.25) is 0 Å². The van der Waals surface area contributed by atoms with Crippen LogP contribution in [-0.2, 0) is 23.1 Å². The molecule has 6 nitrogen and oxygen atoms in total. The van der Waals surface area contributed by atoms with Gasteiger partial charge in [-0.05, 0) is 36.1 Å². The fourth-order valence-electron chi connectivity index (χ4n) is 4.20. The number of amides is 2. The van der Waals surface area contributed by atoms with Crippen molar-refractivity contribution in [3.63, 3.8) is 0 Å². The number of carbonyl (C=O) groups is 2. The molecule has 2 aromatic carbocycles. The van der Waals surface area contributed by atoms with E-state index in [-0.39, 0.29) is 23.5 Å². The van der Waals surface area contributed by atoms with Crippen LogP contribution in [-0.4, -0.2) is 39.4 Å². The summed E-state index contributed by atoms with van der Waals surface area (Å²) in [7, 11) is 1.84. The van der Waals surface area contributed by atoms with Crippen molar-refractivity contribution in [3.05, 3.63) is 89.8 Å². The summed E-state index contributed by atoms with van der Waals surface area (Å²) < 4.78 is 15.7. The molecule has 3 aromatic rings. The number of piperidine rings is 1. The molecule has 1 N–H and O–H groups in total. The lowest BCUT2D eigenvalue weighted by Gasteiger charge is -2.33. The highest BCUT2D eigenvalue weighted by molar-refractivity contribution is 5.82. The SMILES string of the molecule is Cn1ccnc1C(NC(=O)C1CCCN(C(=O)Cc2ccccc2)C1)c1cccc(F)c1. The summed E-state index contributed by atoms with van der Waals surface area (Å²) >= 11 is 0. The molecular formula is C25H27FN4O2. The molecule has 166 valence electrons. The number of nitrogens with one attached hydrogen (secondary N) is 1. The van der Waals surface area contributed by atoms with Gasteiger partial charge in [-0.15, -0.1) is 0 Å². The van der Waals surface area contributed by atoms with Crippen molar-refractivity contribution in [2.75, 3.05) is 13.1 Å². The molecule has 0 spiro atoms. The number of halogens is 1. The van der Waals surface area contributed by atoms with E-state index in [2.05, 4.69) is 10.3 Å². The Kier molecular flexibility index (Phi) is 6.63. The van der Waals surface area contributed by atoms with Crippen molar-refractivity contribution >= 4 is 11.8 Å². The molecule has 4 rings (SSSR count). The number of nitrogens with zero attached hydrogens (tertiary/aromatic N) is 3. The highest BCUT2D eigenvalue weighted by Gasteiger charge is 2.31. The molecule has 0 aliphatic carbocycles. The molecule has 2 unspecified atom stereocenters. The van der Waals surface area contributed by atoms with Crippen molar-refractivity contribution in [1.29, 1.82) is 0 Å². The molecule has 7 heteroatoms. The monoisotopic (exact) mass is 434 g/mol. The van der Waals surface area contributed by atoms with Crippen LogP contribution >= 0.6 is 0 Å². The van der Waals surface area contributed by atoms with Crippen LogP contribution in [0.3, 0.4) is 0 Å². The maximum Gasteiger partial charge on any atom is 0.227 e. The van der Waals surface area contributed by atoms with Gasteiger partial charge in [0.2, 0.25) is 11.8 Å². The number of hydrogen-bond donors (Lipinski definition) is 1. The predicted molar refractivity (Wildman–Crippen MR) is 119 cm³/mol. The number of likely N-dealkylation sites (tertiary alicyclic amines) is 1. The molecule has 1 aliphatic heterocycles. The van der Waals surface area contributed by atoms with E-state index in [1.54, 1.807) is 29.4 Å². The molecule has 0 radical (unpaired) electrons. The zero-order chi connectivity index (χ0) is 22.5. The topological polar surface area (TPSA) is 67.2 Å². The quantitative estimate of drug-likeness (QED) is 0.648. The zero-order valence-electron chi connectivity index (χ0n) is 18.1. The van der Waals surface area contributed by atoms with Crippen LogP contribution in [0.15, 0.2) is 67.0 Å². The summed E-state index contributed by atoms with van der Waals surface area (Å²) in [5.41, 5.74) is 1.59. The Morgan fingerprint density at radius 2 is 2.00 bits per heavy atom. The Morgan fingerprint density at radius 3 is 2.72 bits per heavy atom. The van der Waals surface area contributed by atoms with Gasteiger partial charge < -0.3 is 14.8 Å². The zero-order valence-corrected chi connectivity index (χ0v) is 18.1. The van der Waals surface area contributed by atoms with Gasteiger partial charge >= 0.3 is 0 Å². The first-order chi connectivity index (χ1) is 15.5. The number of aromatic nitrogens is 2. The first-order valence-electron chi connectivity index (χ1n) is 10.9. The Bertz CT molecular complexity index is 1080. The molecule has 32 heavy (non-hydrogen) atoms. The van der Waals surface area contributed by atoms with Gasteiger partial charge in [0, 0.05) is 32.5 Å². The lowest BCUT2D eigenvalue weighted by Crippen LogP contribution is -2.46. The van der Waals surface area contributed by atoms with E-state index in [1.165, 1.54) is 12.1 Å². The molecule has 1 aliphatic rings. The Morgan fingerprint density at radius 1 is 1.19 bits per heavy atom. The maximum atomic E-state index is 13.9. The highest BCUT2D eigenvalue weighted by Crippen LogP contribution is 2.24. The van der Waals surface area contributed by atoms with Crippen LogP contribution in [0.5, 0.6) is 0 Å². The van der Waals surface area contributed by atoms with Crippen molar-refractivity contribution in [3.8, 4) is 0 Å². The van der Waals surface area contributed by atoms with E-state index >= 15 is 0 Å². The number of aryl methyl sites for hydroxylation is 1. The number of hydrogen-bond acceptors (Lipinski definition) is 3. The van der Waals surface area contributed by atoms with Gasteiger partial charge in [0.05, 0.1) is 12.3 Å². The third-order valence-corrected chi connectivity index (χ3v) is 5.93. The number of rotatable bonds is 6. The van der Waals surface area contributed by atoms with E-state index in [9.17, 15) is 14.0 Å². The fraction of sp³-hybridized carbons (Fsp3) is 0.320. The first kappa shape index (κ1) is 21.7. The molecule has 0 saturated carbocycles. The summed E-state index contributed by atoms with van der Waals surface area (Å²) in [5.74, 6) is -0.193. The fourth-order valence-corrected chi connectivity index (χ4v) is 4.20. The Labute approximate surface area is 187 Å². The summed E-state index contributed by atoms with van der Waals surface area (Å²) in [6.45, 7) is 1.04. The van der Waals surface area contributed by atoms with Gasteiger partial charge in [0.25, 0.3) is 0 Å². The van der Waals surface area contributed by atoms with Crippen LogP contribution in [0, 0.1) is 11.7 Å². The van der Waals surface area contributed by atoms with E-state index in [4.69, 9.17) is 0 Å². The average Bonchev–Trinajstić information content (AvgIpc) is 3.23. The summed E-state index contributed by atoms with van der Waals surface area (Å²) in [6.07, 6.45) is 5.24. The lowest BCUT2D eigenvalue weighted by molar-refractivity contribution is -0.135. The molecule has 1 aromatic heterocycles. The Balaban J connectivity index is 1.47. The van der Waals surface area contributed by atoms with Crippen LogP contribution in [0.4, 0.5) is 4.39 Å². The van der Waals surface area contributed by atoms with Crippen LogP contribution in [0.1, 0.15) is 35.8 Å². The van der Waals surface area contributed by atoms with Gasteiger partial charge in [-0.25, -0.2) is 9.37 Å². The summed E-state index contributed by atoms with van der Waals surface area (Å²) in [6, 6.07) is 15.2. The highest BCUT2D eigenvalue weighted by atomic mass is 19.1. The summed E-state index contributed by atoms with van der Waals surface area (Å²) in [5, 5.41) is 3.06. The minimum absolute atomic E-state index is 0.0273. The molecular weight excluding hydrogens is 407 g/mol. The van der Waals surface area contributed by atoms with Crippen molar-refractivity contribution in [2.24, 2.45) is 13.0 Å². The lowest BCUT2D eigenvalue weighted by atomic mass is 9.95. The smallest absolute Gasteiger partial charge is 0.227 e. The first-order valence-corrected chi connectivity index (χ1v) is 10.9. The maximum absolute atomic E-state index is 13.9. The van der Waals surface area contributed by atoms with Gasteiger partial charge in [-0.3, -0.25) is 9.59 Å². The van der Waals surface area contributed by atoms with Crippen molar-refractivity contribution in [2.45, 2.75) is 25.3 Å². The van der Waals surface area contributed by atoms with Crippen molar-refractivity contribution < 1.29 is 14.0 Å². The molecule has 2 atom stereocenters. The average molecular weight is 435 g/mol. The predicted octanol–water partition coefficient (Wildman–Crippen LogP) is 3.25. The van der Waals surface area contributed by atoms with Gasteiger partial charge in [0.1, 0.15) is 17.7 Å². The summed E-state index contributed by atoms with van der Waals surface area (Å²) in [4.78, 5) is 32.2. The third kappa shape index (κ3) is 5.04. The largest absolute Gasteiger partial charge is 0.342 e. The second-order valence-electron chi connectivity index (χ2n) is 8.23. The van der Waals surface area contributed by atoms with Gasteiger partial charge in [-0.2, -0.15) is 0 Å². The van der Waals surface area contributed by atoms with Gasteiger partial charge in [-0.1, -0.05) is 42.5 Å². The Hall–Kier alpha value is -3.48. The minimum Gasteiger partial charge on any atom is -0.342 e. The number of benzene rings is 2. The molecule has 2 heterocycles. The van der Waals surface area contributed by atoms with E-state index < -0.39 is 6.04 Å². The molecule has 2 amide bonds. The second-order valence-corrected chi connectivity index (χ2v) is 8.23. The standard InChI is InChI=1S/C25H27FN4O2/c1-29-14-12-27-24(29)23(19-9-5-11-21(26)16-19)28-25(32)20-10-6-13-30(17-20)22(31)15-18-7-3-2-4-8-18/h2-5,7-9,11-12,14,16,20,23H,6,10,13,15,17H2,1H3,(H,28,32). The normalized spacial score (nSPS) is 17.1. The van der Waals surface area contributed by atoms with Gasteiger partial charge in [0.15, 0.2) is 0 Å². The van der Waals surface area contributed by atoms with Crippen molar-refractivity contribution in [1.82, 2.24) is 19.8 Å². The van der Waals surface area contributed by atoms with E-state index in [0.717, 1.165) is 12.0 Å². The molecule has 1 saturated heterocycles.